The summed E-state index contributed by atoms with van der Waals surface area (Å²) in [6.07, 6.45) is -1.14. The number of methoxy groups -OCH3 is 2. The van der Waals surface area contributed by atoms with Crippen LogP contribution in [0.3, 0.4) is 0 Å². The van der Waals surface area contributed by atoms with E-state index in [4.69, 9.17) is 24.7 Å². The van der Waals surface area contributed by atoms with Gasteiger partial charge in [0.1, 0.15) is 12.2 Å². The van der Waals surface area contributed by atoms with Crippen LogP contribution < -0.4 is 0 Å². The highest BCUT2D eigenvalue weighted by molar-refractivity contribution is 5.58. The van der Waals surface area contributed by atoms with Crippen LogP contribution in [-0.4, -0.2) is 56.9 Å². The number of aliphatic hydroxyl groups excluding tert-OH is 1. The molecule has 6 heteroatoms. The van der Waals surface area contributed by atoms with E-state index in [1.165, 1.54) is 14.2 Å². The molecular weight excluding hydrogens is 190 g/mol. The van der Waals surface area contributed by atoms with Crippen LogP contribution in [0.1, 0.15) is 0 Å². The molecule has 0 radical (unpaired) electrons. The van der Waals surface area contributed by atoms with Crippen LogP contribution in [0.25, 0.3) is 0 Å². The third-order valence-electron chi connectivity index (χ3n) is 1.63. The molecule has 82 valence electrons. The summed E-state index contributed by atoms with van der Waals surface area (Å²) in [6.45, 7) is -0.384. The predicted molar refractivity (Wildman–Crippen MR) is 48.4 cm³/mol. The quantitative estimate of drug-likeness (QED) is 0.307. The first-order valence-corrected chi connectivity index (χ1v) is 4.01. The summed E-state index contributed by atoms with van der Waals surface area (Å²) in [5, 5.41) is 15.8. The van der Waals surface area contributed by atoms with Crippen LogP contribution in [0.2, 0.25) is 0 Å². The number of aliphatic hydroxyl groups is 1. The van der Waals surface area contributed by atoms with E-state index in [9.17, 15) is 4.79 Å². The van der Waals surface area contributed by atoms with Gasteiger partial charge in [0.15, 0.2) is 12.6 Å². The molecule has 0 aliphatic rings. The fourth-order valence-electron chi connectivity index (χ4n) is 0.854. The molecule has 0 spiro atoms. The molecule has 0 aromatic heterocycles. The number of hydrogen-bond donors (Lipinski definition) is 2. The molecule has 0 aromatic rings. The second kappa shape index (κ2) is 7.57. The Balaban J connectivity index is 4.24. The molecule has 0 saturated carbocycles. The molecule has 2 unspecified atom stereocenters. The molecule has 0 aliphatic heterocycles. The van der Waals surface area contributed by atoms with Crippen molar-refractivity contribution in [1.29, 1.82) is 5.41 Å². The number of carbonyl (C=O) groups excluding carboxylic acids is 1. The highest BCUT2D eigenvalue weighted by Crippen LogP contribution is 2.04. The third-order valence-corrected chi connectivity index (χ3v) is 1.63. The molecule has 0 fully saturated rings. The Kier molecular flexibility index (Phi) is 7.13. The molecule has 3 atom stereocenters. The van der Waals surface area contributed by atoms with Gasteiger partial charge in [-0.25, -0.2) is 0 Å². The van der Waals surface area contributed by atoms with Crippen molar-refractivity contribution in [1.82, 2.24) is 0 Å². The number of aldehydes is 1. The lowest BCUT2D eigenvalue weighted by molar-refractivity contribution is -0.163. The van der Waals surface area contributed by atoms with Gasteiger partial charge in [0, 0.05) is 14.2 Å². The summed E-state index contributed by atoms with van der Waals surface area (Å²) in [5.41, 5.74) is 0. The highest BCUT2D eigenvalue weighted by atomic mass is 16.7. The van der Waals surface area contributed by atoms with Crippen LogP contribution in [-0.2, 0) is 19.0 Å². The SMILES string of the molecule is COC(C=O)C(CO)O[C@@H](C=N)OC. The number of hydrogen-bond acceptors (Lipinski definition) is 6. The standard InChI is InChI=1S/C8H15NO5/c1-12-6(4-10)7(5-11)14-8(3-9)13-2/h3-4,6-9,11H,5H2,1-2H3/t6?,7?,8-/m0/s1. The normalized spacial score (nSPS) is 17.1. The Bertz CT molecular complexity index is 175. The molecule has 0 rings (SSSR count). The van der Waals surface area contributed by atoms with Crippen molar-refractivity contribution in [3.05, 3.63) is 0 Å². The van der Waals surface area contributed by atoms with Gasteiger partial charge in [-0.05, 0) is 0 Å². The number of carbonyl (C=O) groups is 1. The minimum absolute atomic E-state index is 0.384. The molecule has 14 heavy (non-hydrogen) atoms. The molecule has 0 heterocycles. The maximum Gasteiger partial charge on any atom is 0.193 e. The summed E-state index contributed by atoms with van der Waals surface area (Å²) in [6, 6.07) is 0. The summed E-state index contributed by atoms with van der Waals surface area (Å²) < 4.78 is 14.6. The largest absolute Gasteiger partial charge is 0.394 e. The van der Waals surface area contributed by atoms with Gasteiger partial charge in [0.05, 0.1) is 12.8 Å². The Morgan fingerprint density at radius 2 is 2.07 bits per heavy atom. The fourth-order valence-corrected chi connectivity index (χ4v) is 0.854. The molecule has 0 amide bonds. The first-order valence-electron chi connectivity index (χ1n) is 4.01. The summed E-state index contributed by atoms with van der Waals surface area (Å²) in [7, 11) is 2.68. The van der Waals surface area contributed by atoms with Crippen molar-refractivity contribution in [2.75, 3.05) is 20.8 Å². The van der Waals surface area contributed by atoms with E-state index in [0.717, 1.165) is 6.21 Å². The number of rotatable bonds is 8. The predicted octanol–water partition coefficient (Wildman–Crippen LogP) is -0.800. The van der Waals surface area contributed by atoms with Crippen molar-refractivity contribution in [2.24, 2.45) is 0 Å². The Labute approximate surface area is 82.3 Å². The van der Waals surface area contributed by atoms with Gasteiger partial charge in [-0.3, -0.25) is 0 Å². The molecule has 2 N–H and O–H groups in total. The molecule has 6 nitrogen and oxygen atoms in total. The van der Waals surface area contributed by atoms with E-state index in [1.54, 1.807) is 0 Å². The second-order valence-electron chi connectivity index (χ2n) is 2.46. The zero-order valence-electron chi connectivity index (χ0n) is 8.17. The van der Waals surface area contributed by atoms with Crippen LogP contribution in [0.15, 0.2) is 0 Å². The molecule has 0 aliphatic carbocycles. The molecular formula is C8H15NO5. The third kappa shape index (κ3) is 3.93. The van der Waals surface area contributed by atoms with E-state index >= 15 is 0 Å². The van der Waals surface area contributed by atoms with Crippen molar-refractivity contribution in [3.63, 3.8) is 0 Å². The van der Waals surface area contributed by atoms with Gasteiger partial charge < -0.3 is 29.5 Å². The topological polar surface area (TPSA) is 88.8 Å². The average molecular weight is 205 g/mol. The van der Waals surface area contributed by atoms with Crippen LogP contribution in [0.5, 0.6) is 0 Å². The Morgan fingerprint density at radius 1 is 1.43 bits per heavy atom. The van der Waals surface area contributed by atoms with Crippen LogP contribution >= 0.6 is 0 Å². The molecule has 0 saturated heterocycles. The lowest BCUT2D eigenvalue weighted by Crippen LogP contribution is -2.39. The highest BCUT2D eigenvalue weighted by Gasteiger charge is 2.23. The maximum absolute atomic E-state index is 10.5. The lowest BCUT2D eigenvalue weighted by atomic mass is 10.2. The Hall–Kier alpha value is -0.820. The van der Waals surface area contributed by atoms with Gasteiger partial charge >= 0.3 is 0 Å². The monoisotopic (exact) mass is 205 g/mol. The smallest absolute Gasteiger partial charge is 0.193 e. The van der Waals surface area contributed by atoms with E-state index in [2.05, 4.69) is 0 Å². The molecule has 0 aromatic carbocycles. The van der Waals surface area contributed by atoms with E-state index in [0.29, 0.717) is 6.29 Å². The molecule has 0 bridgehead atoms. The summed E-state index contributed by atoms with van der Waals surface area (Å²) in [4.78, 5) is 10.5. The van der Waals surface area contributed by atoms with E-state index < -0.39 is 18.5 Å². The Morgan fingerprint density at radius 3 is 2.36 bits per heavy atom. The van der Waals surface area contributed by atoms with E-state index in [-0.39, 0.29) is 6.61 Å². The first kappa shape index (κ1) is 13.2. The van der Waals surface area contributed by atoms with Crippen LogP contribution in [0.4, 0.5) is 0 Å². The minimum atomic E-state index is -0.884. The average Bonchev–Trinajstić information content (AvgIpc) is 2.24. The lowest BCUT2D eigenvalue weighted by Gasteiger charge is -2.23. The summed E-state index contributed by atoms with van der Waals surface area (Å²) >= 11 is 0. The van der Waals surface area contributed by atoms with Gasteiger partial charge in [-0.2, -0.15) is 0 Å². The number of nitrogens with one attached hydrogen (secondary N) is 1. The second-order valence-corrected chi connectivity index (χ2v) is 2.46. The maximum atomic E-state index is 10.5. The number of ether oxygens (including phenoxy) is 3. The van der Waals surface area contributed by atoms with Gasteiger partial charge in [0.2, 0.25) is 0 Å². The van der Waals surface area contributed by atoms with Gasteiger partial charge in [-0.1, -0.05) is 0 Å². The van der Waals surface area contributed by atoms with E-state index in [1.807, 2.05) is 0 Å². The van der Waals surface area contributed by atoms with Crippen molar-refractivity contribution < 1.29 is 24.1 Å². The van der Waals surface area contributed by atoms with Crippen molar-refractivity contribution >= 4 is 12.5 Å². The van der Waals surface area contributed by atoms with Crippen LogP contribution in [0, 0.1) is 5.41 Å². The zero-order chi connectivity index (χ0) is 11.0. The van der Waals surface area contributed by atoms with Gasteiger partial charge in [-0.15, -0.1) is 0 Å². The van der Waals surface area contributed by atoms with Crippen molar-refractivity contribution in [2.45, 2.75) is 18.5 Å². The minimum Gasteiger partial charge on any atom is -0.394 e. The van der Waals surface area contributed by atoms with Crippen molar-refractivity contribution in [3.8, 4) is 0 Å². The van der Waals surface area contributed by atoms with Gasteiger partial charge in [0.25, 0.3) is 0 Å². The zero-order valence-corrected chi connectivity index (χ0v) is 8.17. The first-order chi connectivity index (χ1) is 6.73. The summed E-state index contributed by atoms with van der Waals surface area (Å²) in [5.74, 6) is 0. The fraction of sp³-hybridized carbons (Fsp3) is 0.750.